The summed E-state index contributed by atoms with van der Waals surface area (Å²) in [5.74, 6) is -1.17. The lowest BCUT2D eigenvalue weighted by atomic mass is 10.1. The summed E-state index contributed by atoms with van der Waals surface area (Å²) >= 11 is 0. The van der Waals surface area contributed by atoms with Crippen molar-refractivity contribution < 1.29 is 27.5 Å². The zero-order chi connectivity index (χ0) is 15.9. The van der Waals surface area contributed by atoms with E-state index >= 15 is 0 Å². The number of hydrazone groups is 1. The number of aryl methyl sites for hydroxylation is 2. The molecule has 1 aromatic heterocycles. The summed E-state index contributed by atoms with van der Waals surface area (Å²) in [5, 5.41) is 16.7. The fraction of sp³-hybridized carbons (Fsp3) is 0.545. The molecule has 1 aromatic rings. The normalized spacial score (nSPS) is 22.3. The number of halogens is 4. The molecule has 0 unspecified atom stereocenters. The average Bonchev–Trinajstić information content (AvgIpc) is 2.91. The first-order chi connectivity index (χ1) is 9.66. The highest BCUT2D eigenvalue weighted by molar-refractivity contribution is 5.98. The van der Waals surface area contributed by atoms with Crippen molar-refractivity contribution in [3.05, 3.63) is 17.5 Å². The van der Waals surface area contributed by atoms with E-state index < -0.39 is 36.6 Å². The maximum atomic E-state index is 13.0. The number of nitrogens with zero attached hydrogens (tertiary/aromatic N) is 4. The number of carbonyl (C=O) groups is 1. The minimum absolute atomic E-state index is 0.0130. The van der Waals surface area contributed by atoms with Crippen LogP contribution in [0, 0.1) is 6.92 Å². The van der Waals surface area contributed by atoms with Gasteiger partial charge in [-0.3, -0.25) is 9.48 Å². The molecular weight excluding hydrogens is 296 g/mol. The number of hydrogen-bond acceptors (Lipinski definition) is 4. The molecule has 10 heteroatoms. The summed E-state index contributed by atoms with van der Waals surface area (Å²) in [7, 11) is 1.52. The van der Waals surface area contributed by atoms with Gasteiger partial charge in [0.1, 0.15) is 5.71 Å². The number of carbonyl (C=O) groups excluding carboxylic acids is 1. The Hall–Kier alpha value is -1.97. The molecule has 0 saturated carbocycles. The fourth-order valence-electron chi connectivity index (χ4n) is 1.88. The van der Waals surface area contributed by atoms with Crippen molar-refractivity contribution in [3.63, 3.8) is 0 Å². The number of aromatic nitrogens is 2. The Labute approximate surface area is 116 Å². The first kappa shape index (κ1) is 15.4. The van der Waals surface area contributed by atoms with Crippen molar-refractivity contribution in [1.29, 1.82) is 0 Å². The van der Waals surface area contributed by atoms with E-state index in [0.29, 0.717) is 5.69 Å². The van der Waals surface area contributed by atoms with Crippen LogP contribution in [0.25, 0.3) is 0 Å². The molecule has 6 nitrogen and oxygen atoms in total. The predicted octanol–water partition coefficient (Wildman–Crippen LogP) is 1.15. The SMILES string of the molecule is Cc1cc(C(=O)N2N=C(C(F)F)C[C@]2(O)C(F)F)nn1C. The van der Waals surface area contributed by atoms with E-state index in [1.54, 1.807) is 6.92 Å². The molecule has 0 fully saturated rings. The van der Waals surface area contributed by atoms with Gasteiger partial charge in [0.15, 0.2) is 5.69 Å². The summed E-state index contributed by atoms with van der Waals surface area (Å²) in [4.78, 5) is 12.1. The average molecular weight is 308 g/mol. The number of rotatable bonds is 3. The van der Waals surface area contributed by atoms with E-state index in [4.69, 9.17) is 0 Å². The maximum Gasteiger partial charge on any atom is 0.297 e. The zero-order valence-electron chi connectivity index (χ0n) is 11.1. The third-order valence-electron chi connectivity index (χ3n) is 3.16. The Morgan fingerprint density at radius 2 is 2.05 bits per heavy atom. The first-order valence-electron chi connectivity index (χ1n) is 5.88. The lowest BCUT2D eigenvalue weighted by Crippen LogP contribution is -2.51. The van der Waals surface area contributed by atoms with Crippen LogP contribution in [0.2, 0.25) is 0 Å². The van der Waals surface area contributed by atoms with E-state index in [1.165, 1.54) is 17.8 Å². The van der Waals surface area contributed by atoms with Gasteiger partial charge in [-0.05, 0) is 13.0 Å². The van der Waals surface area contributed by atoms with Gasteiger partial charge in [-0.1, -0.05) is 0 Å². The van der Waals surface area contributed by atoms with Gasteiger partial charge in [-0.25, -0.2) is 17.6 Å². The van der Waals surface area contributed by atoms with Crippen LogP contribution in [0.4, 0.5) is 17.6 Å². The molecule has 1 aliphatic rings. The van der Waals surface area contributed by atoms with E-state index in [9.17, 15) is 27.5 Å². The zero-order valence-corrected chi connectivity index (χ0v) is 11.1. The van der Waals surface area contributed by atoms with Crippen LogP contribution in [0.5, 0.6) is 0 Å². The molecule has 21 heavy (non-hydrogen) atoms. The number of aliphatic hydroxyl groups is 1. The highest BCUT2D eigenvalue weighted by atomic mass is 19.3. The molecule has 116 valence electrons. The van der Waals surface area contributed by atoms with Gasteiger partial charge in [0.2, 0.25) is 5.72 Å². The Bertz CT molecular complexity index is 582. The molecule has 1 atom stereocenters. The smallest absolute Gasteiger partial charge is 0.297 e. The topological polar surface area (TPSA) is 70.7 Å². The lowest BCUT2D eigenvalue weighted by molar-refractivity contribution is -0.164. The highest BCUT2D eigenvalue weighted by Crippen LogP contribution is 2.34. The van der Waals surface area contributed by atoms with Gasteiger partial charge in [-0.15, -0.1) is 0 Å². The second kappa shape index (κ2) is 5.10. The molecular formula is C11H12F4N4O2. The number of alkyl halides is 4. The van der Waals surface area contributed by atoms with Crippen molar-refractivity contribution in [2.45, 2.75) is 31.9 Å². The summed E-state index contributed by atoms with van der Waals surface area (Å²) in [5.41, 5.74) is -3.78. The molecule has 1 aliphatic heterocycles. The van der Waals surface area contributed by atoms with Crippen LogP contribution in [-0.4, -0.2) is 50.1 Å². The summed E-state index contributed by atoms with van der Waals surface area (Å²) in [6.07, 6.45) is -7.70. The van der Waals surface area contributed by atoms with Crippen molar-refractivity contribution >= 4 is 11.6 Å². The molecule has 0 aliphatic carbocycles. The summed E-state index contributed by atoms with van der Waals surface area (Å²) in [6, 6.07) is 1.28. The molecule has 0 aromatic carbocycles. The molecule has 0 saturated heterocycles. The Morgan fingerprint density at radius 3 is 2.48 bits per heavy atom. The molecule has 0 spiro atoms. The second-order valence-corrected chi connectivity index (χ2v) is 4.66. The quantitative estimate of drug-likeness (QED) is 0.852. The second-order valence-electron chi connectivity index (χ2n) is 4.66. The van der Waals surface area contributed by atoms with Gasteiger partial charge >= 0.3 is 0 Å². The van der Waals surface area contributed by atoms with E-state index in [1.807, 2.05) is 0 Å². The van der Waals surface area contributed by atoms with Gasteiger partial charge < -0.3 is 5.11 Å². The highest BCUT2D eigenvalue weighted by Gasteiger charge is 2.53. The van der Waals surface area contributed by atoms with Crippen LogP contribution >= 0.6 is 0 Å². The van der Waals surface area contributed by atoms with Crippen LogP contribution in [0.1, 0.15) is 22.6 Å². The van der Waals surface area contributed by atoms with Crippen LogP contribution in [0.3, 0.4) is 0 Å². The van der Waals surface area contributed by atoms with Crippen LogP contribution in [0.15, 0.2) is 11.2 Å². The molecule has 2 rings (SSSR count). The van der Waals surface area contributed by atoms with E-state index in [-0.39, 0.29) is 10.7 Å². The fourth-order valence-corrected chi connectivity index (χ4v) is 1.88. The number of hydrogen-bond donors (Lipinski definition) is 1. The van der Waals surface area contributed by atoms with Crippen molar-refractivity contribution in [2.75, 3.05) is 0 Å². The minimum atomic E-state index is -3.45. The Balaban J connectivity index is 2.40. The molecule has 0 radical (unpaired) electrons. The first-order valence-corrected chi connectivity index (χ1v) is 5.88. The third kappa shape index (κ3) is 2.50. The third-order valence-corrected chi connectivity index (χ3v) is 3.16. The standard InChI is InChI=1S/C11H12F4N4O2/c1-5-3-6(16-18(5)2)9(20)19-11(21,10(14)15)4-7(17-19)8(12)13/h3,8,10,21H,4H2,1-2H3/t11-/m0/s1. The molecule has 1 amide bonds. The van der Waals surface area contributed by atoms with E-state index in [2.05, 4.69) is 10.2 Å². The molecule has 1 N–H and O–H groups in total. The maximum absolute atomic E-state index is 13.0. The van der Waals surface area contributed by atoms with Crippen molar-refractivity contribution in [3.8, 4) is 0 Å². The van der Waals surface area contributed by atoms with Gasteiger partial charge in [-0.2, -0.15) is 15.2 Å². The largest absolute Gasteiger partial charge is 0.364 e. The Kier molecular flexibility index (Phi) is 3.74. The van der Waals surface area contributed by atoms with Gasteiger partial charge in [0, 0.05) is 19.2 Å². The lowest BCUT2D eigenvalue weighted by Gasteiger charge is -2.29. The summed E-state index contributed by atoms with van der Waals surface area (Å²) in [6.45, 7) is 1.61. The van der Waals surface area contributed by atoms with E-state index in [0.717, 1.165) is 0 Å². The predicted molar refractivity (Wildman–Crippen MR) is 63.1 cm³/mol. The number of amides is 1. The molecule has 0 bridgehead atoms. The van der Waals surface area contributed by atoms with Crippen LogP contribution < -0.4 is 0 Å². The van der Waals surface area contributed by atoms with Gasteiger partial charge in [0.05, 0.1) is 0 Å². The Morgan fingerprint density at radius 1 is 1.43 bits per heavy atom. The van der Waals surface area contributed by atoms with Crippen molar-refractivity contribution in [1.82, 2.24) is 14.8 Å². The van der Waals surface area contributed by atoms with Crippen molar-refractivity contribution in [2.24, 2.45) is 12.1 Å². The monoisotopic (exact) mass is 308 g/mol. The minimum Gasteiger partial charge on any atom is -0.364 e. The van der Waals surface area contributed by atoms with Gasteiger partial charge in [0.25, 0.3) is 18.8 Å². The summed E-state index contributed by atoms with van der Waals surface area (Å²) < 4.78 is 52.5. The molecule has 2 heterocycles. The van der Waals surface area contributed by atoms with Crippen LogP contribution in [-0.2, 0) is 7.05 Å².